The van der Waals surface area contributed by atoms with E-state index >= 15 is 0 Å². The zero-order valence-corrected chi connectivity index (χ0v) is 33.7. The molecule has 1 heterocycles. The fourth-order valence-electron chi connectivity index (χ4n) is 8.96. The van der Waals surface area contributed by atoms with Crippen molar-refractivity contribution in [2.45, 2.75) is 82.3 Å². The Kier molecular flexibility index (Phi) is 15.1. The highest BCUT2D eigenvalue weighted by Crippen LogP contribution is 2.62. The molecule has 0 unspecified atom stereocenters. The van der Waals surface area contributed by atoms with Crippen LogP contribution in [-0.2, 0) is 27.5 Å². The van der Waals surface area contributed by atoms with Crippen LogP contribution in [0.15, 0.2) is 109 Å². The Balaban J connectivity index is 1.57. The van der Waals surface area contributed by atoms with Gasteiger partial charge in [0.05, 0.1) is 29.8 Å². The molecule has 3 N–H and O–H groups in total. The number of aromatic hydroxyl groups is 1. The number of carbonyl (C=O) groups is 1. The number of nitrogens with zero attached hydrogens (tertiary/aromatic N) is 3. The van der Waals surface area contributed by atoms with Crippen LogP contribution in [0.3, 0.4) is 0 Å². The first-order chi connectivity index (χ1) is 29.1. The fourth-order valence-corrected chi connectivity index (χ4v) is 8.96. The van der Waals surface area contributed by atoms with Crippen LogP contribution < -0.4 is 4.74 Å². The highest BCUT2D eigenvalue weighted by atomic mass is 19.1. The Hall–Kier alpha value is -5.57. The summed E-state index contributed by atoms with van der Waals surface area (Å²) < 4.78 is 34.1. The number of rotatable bonds is 21. The number of unbranched alkanes of at least 4 members (excludes halogenated alkanes) is 2. The van der Waals surface area contributed by atoms with Crippen LogP contribution in [0.1, 0.15) is 74.0 Å². The highest BCUT2D eigenvalue weighted by Gasteiger charge is 2.65. The maximum atomic E-state index is 14.5. The lowest BCUT2D eigenvalue weighted by atomic mass is 9.55. The zero-order valence-electron chi connectivity index (χ0n) is 33.7. The molecule has 0 spiro atoms. The van der Waals surface area contributed by atoms with E-state index < -0.39 is 34.6 Å². The number of ether oxygens (including phenoxy) is 3. The van der Waals surface area contributed by atoms with Gasteiger partial charge in [0.1, 0.15) is 30.0 Å². The molecule has 1 amide bonds. The number of amides is 1. The van der Waals surface area contributed by atoms with E-state index in [1.54, 1.807) is 59.5 Å². The van der Waals surface area contributed by atoms with Crippen LogP contribution >= 0.6 is 0 Å². The van der Waals surface area contributed by atoms with Gasteiger partial charge < -0.3 is 34.4 Å². The number of nitro benzene ring substituents is 1. The number of nitro groups is 1. The Bertz CT molecular complexity index is 2020. The number of fused-ring (bicyclic) bond motifs is 2. The molecule has 6 rings (SSSR count). The number of oxime groups is 1. The Morgan fingerprint density at radius 3 is 2.40 bits per heavy atom. The number of halogens is 1. The van der Waals surface area contributed by atoms with Crippen molar-refractivity contribution in [1.82, 2.24) is 4.90 Å². The predicted molar refractivity (Wildman–Crippen MR) is 223 cm³/mol. The second kappa shape index (κ2) is 20.6. The summed E-state index contributed by atoms with van der Waals surface area (Å²) in [7, 11) is 0. The van der Waals surface area contributed by atoms with E-state index in [2.05, 4.69) is 19.2 Å². The van der Waals surface area contributed by atoms with Gasteiger partial charge in [-0.1, -0.05) is 48.4 Å². The first-order valence-corrected chi connectivity index (χ1v) is 20.6. The Morgan fingerprint density at radius 1 is 1.00 bits per heavy atom. The lowest BCUT2D eigenvalue weighted by Crippen LogP contribution is -2.70. The third-order valence-electron chi connectivity index (χ3n) is 11.6. The average Bonchev–Trinajstić information content (AvgIpc) is 3.24. The molecule has 3 aromatic rings. The molecule has 1 fully saturated rings. The average molecular weight is 828 g/mol. The molecule has 60 heavy (non-hydrogen) atoms. The van der Waals surface area contributed by atoms with Crippen LogP contribution in [0.5, 0.6) is 11.5 Å². The molecule has 2 aliphatic carbocycles. The first-order valence-electron chi connectivity index (χ1n) is 20.6. The second-order valence-corrected chi connectivity index (χ2v) is 15.4. The van der Waals surface area contributed by atoms with E-state index in [-0.39, 0.29) is 75.2 Å². The van der Waals surface area contributed by atoms with Gasteiger partial charge in [-0.2, -0.15) is 0 Å². The normalized spacial score (nSPS) is 23.4. The molecule has 0 radical (unpaired) electrons. The molecular weight excluding hydrogens is 774 g/mol. The summed E-state index contributed by atoms with van der Waals surface area (Å²) in [5, 5.41) is 46.7. The minimum Gasteiger partial charge on any atom is -0.508 e. The van der Waals surface area contributed by atoms with Crippen LogP contribution in [-0.4, -0.2) is 75.2 Å². The highest BCUT2D eigenvalue weighted by molar-refractivity contribution is 6.03. The molecule has 0 bridgehead atoms. The lowest BCUT2D eigenvalue weighted by Gasteiger charge is -2.59. The second-order valence-electron chi connectivity index (χ2n) is 15.4. The van der Waals surface area contributed by atoms with Crippen molar-refractivity contribution in [3.63, 3.8) is 0 Å². The largest absolute Gasteiger partial charge is 0.508 e. The number of benzene rings is 3. The number of phenolic OH excluding ortho intramolecular Hbond substituents is 1. The number of hydrogen-bond acceptors (Lipinski definition) is 11. The lowest BCUT2D eigenvalue weighted by molar-refractivity contribution is -0.384. The summed E-state index contributed by atoms with van der Waals surface area (Å²) in [6, 6.07) is 15.9. The molecule has 1 aliphatic heterocycles. The van der Waals surface area contributed by atoms with Gasteiger partial charge in [-0.15, -0.1) is 13.2 Å². The molecule has 3 aliphatic rings. The Labute approximate surface area is 349 Å². The van der Waals surface area contributed by atoms with Gasteiger partial charge in [0.25, 0.3) is 5.69 Å². The third kappa shape index (κ3) is 9.89. The van der Waals surface area contributed by atoms with E-state index in [1.807, 2.05) is 0 Å². The summed E-state index contributed by atoms with van der Waals surface area (Å²) >= 11 is 0. The van der Waals surface area contributed by atoms with Crippen molar-refractivity contribution in [2.24, 2.45) is 22.9 Å². The number of phenols is 1. The molecule has 14 heteroatoms. The molecule has 13 nitrogen and oxygen atoms in total. The minimum absolute atomic E-state index is 0.00848. The fraction of sp³-hybridized carbons (Fsp3) is 0.435. The molecule has 0 aromatic heterocycles. The monoisotopic (exact) mass is 827 g/mol. The summed E-state index contributed by atoms with van der Waals surface area (Å²) in [6.07, 6.45) is 9.36. The van der Waals surface area contributed by atoms with Crippen LogP contribution in [0.2, 0.25) is 0 Å². The van der Waals surface area contributed by atoms with E-state index in [4.69, 9.17) is 24.2 Å². The maximum absolute atomic E-state index is 14.5. The van der Waals surface area contributed by atoms with E-state index in [9.17, 15) is 34.6 Å². The molecule has 1 saturated carbocycles. The number of allylic oxidation sites excluding steroid dienone is 1. The zero-order chi connectivity index (χ0) is 42.6. The number of carbonyl (C=O) groups excluding carboxylic acids is 1. The van der Waals surface area contributed by atoms with Gasteiger partial charge in [0.2, 0.25) is 5.79 Å². The van der Waals surface area contributed by atoms with Gasteiger partial charge in [0, 0.05) is 49.8 Å². The van der Waals surface area contributed by atoms with Gasteiger partial charge >= 0.3 is 6.09 Å². The van der Waals surface area contributed by atoms with Crippen molar-refractivity contribution in [1.29, 1.82) is 0 Å². The summed E-state index contributed by atoms with van der Waals surface area (Å²) in [6.45, 7) is 7.86. The molecule has 320 valence electrons. The quantitative estimate of drug-likeness (QED) is 0.0409. The maximum Gasteiger partial charge on any atom is 0.410 e. The number of aliphatic hydroxyl groups excluding tert-OH is 2. The van der Waals surface area contributed by atoms with Crippen molar-refractivity contribution in [3.8, 4) is 11.5 Å². The topological polar surface area (TPSA) is 173 Å². The first kappa shape index (κ1) is 44.0. The molecule has 0 saturated heterocycles. The van der Waals surface area contributed by atoms with Crippen molar-refractivity contribution in [2.75, 3.05) is 26.4 Å². The Morgan fingerprint density at radius 2 is 1.72 bits per heavy atom. The van der Waals surface area contributed by atoms with Gasteiger partial charge in [-0.05, 0) is 103 Å². The third-order valence-corrected chi connectivity index (χ3v) is 11.6. The summed E-state index contributed by atoms with van der Waals surface area (Å²) in [5.74, 6) is -2.60. The number of non-ortho nitro benzene ring substituents is 1. The smallest absolute Gasteiger partial charge is 0.410 e. The van der Waals surface area contributed by atoms with Crippen LogP contribution in [0, 0.1) is 33.7 Å². The van der Waals surface area contributed by atoms with Gasteiger partial charge in [-0.3, -0.25) is 15.0 Å². The molecule has 6 atom stereocenters. The van der Waals surface area contributed by atoms with Gasteiger partial charge in [-0.25, -0.2) is 9.18 Å². The summed E-state index contributed by atoms with van der Waals surface area (Å²) in [4.78, 5) is 32.9. The molecule has 3 aromatic carbocycles. The number of hydrogen-bond donors (Lipinski definition) is 3. The standard InChI is InChI=1S/C46H54FN3O10/c1-3-5-25-57-45(54)49(29-31-12-16-34(47)17-13-31)42-28-40(48-59-30-32-14-18-35(19-15-32)50(55)56)38-26-33(10-6-8-22-51)37(11-7-9-23-52)43-39-27-36(53)20-21-41(39)60-46(42,44(38)43)58-24-4-2/h3-4,12-21,26-27,33,37,42-44,51-53H,1-2,5-11,22-25,28-30H2/t33-,37+,42-,43+,44+,46+/m0/s1. The van der Waals surface area contributed by atoms with Crippen molar-refractivity contribution >= 4 is 17.5 Å². The van der Waals surface area contributed by atoms with E-state index in [0.717, 1.165) is 24.0 Å². The van der Waals surface area contributed by atoms with Crippen LogP contribution in [0.25, 0.3) is 0 Å². The predicted octanol–water partition coefficient (Wildman–Crippen LogP) is 8.49. The van der Waals surface area contributed by atoms with E-state index in [0.29, 0.717) is 54.7 Å². The summed E-state index contributed by atoms with van der Waals surface area (Å²) in [5.41, 5.74) is 3.28. The van der Waals surface area contributed by atoms with E-state index in [1.165, 1.54) is 24.3 Å². The van der Waals surface area contributed by atoms with Gasteiger partial charge in [0.15, 0.2) is 0 Å². The minimum atomic E-state index is -1.59. The van der Waals surface area contributed by atoms with Crippen molar-refractivity contribution < 1.29 is 48.5 Å². The van der Waals surface area contributed by atoms with Crippen LogP contribution in [0.4, 0.5) is 14.9 Å². The SMILES string of the molecule is C=CCCOC(=O)N(Cc1ccc(F)cc1)[C@H]1CC(=NOCc2ccc([N+](=O)[O-])cc2)C2=C[C@H](CCCCO)[C@@H](CCCCO)[C@@H]3c4cc(O)ccc4O[C@@]1(OCC=C)[C@H]23. The molecular formula is C46H54FN3O10. The number of aliphatic hydroxyl groups is 2. The van der Waals surface area contributed by atoms with Crippen molar-refractivity contribution in [3.05, 3.63) is 136 Å².